The van der Waals surface area contributed by atoms with Crippen molar-refractivity contribution in [2.24, 2.45) is 0 Å². The van der Waals surface area contributed by atoms with Gasteiger partial charge in [-0.3, -0.25) is 9.69 Å². The summed E-state index contributed by atoms with van der Waals surface area (Å²) in [5.74, 6) is -0.577. The number of unbranched alkanes of at least 4 members (excludes halogenated alkanes) is 2. The molecule has 0 aliphatic rings. The van der Waals surface area contributed by atoms with Crippen LogP contribution in [-0.4, -0.2) is 30.0 Å². The molecule has 0 atom stereocenters. The molecule has 7 heteroatoms. The Morgan fingerprint density at radius 1 is 1.33 bits per heavy atom. The number of hydrogen-bond donors (Lipinski definition) is 0. The Labute approximate surface area is 145 Å². The highest BCUT2D eigenvalue weighted by molar-refractivity contribution is 7.17. The van der Waals surface area contributed by atoms with Gasteiger partial charge in [0.25, 0.3) is 5.91 Å². The smallest absolute Gasteiger partial charge is 0.350 e. The van der Waals surface area contributed by atoms with E-state index in [9.17, 15) is 9.59 Å². The number of anilines is 1. The summed E-state index contributed by atoms with van der Waals surface area (Å²) in [6.45, 7) is 6.47. The molecule has 130 valence electrons. The summed E-state index contributed by atoms with van der Waals surface area (Å²) < 4.78 is 10.1. The van der Waals surface area contributed by atoms with Crippen LogP contribution in [0.2, 0.25) is 0 Å². The fourth-order valence-electron chi connectivity index (χ4n) is 2.23. The molecule has 2 rings (SSSR count). The lowest BCUT2D eigenvalue weighted by Crippen LogP contribution is -2.31. The van der Waals surface area contributed by atoms with Crippen molar-refractivity contribution >= 4 is 28.3 Å². The van der Waals surface area contributed by atoms with E-state index in [1.54, 1.807) is 24.8 Å². The Morgan fingerprint density at radius 2 is 2.12 bits per heavy atom. The predicted molar refractivity (Wildman–Crippen MR) is 92.7 cm³/mol. The highest BCUT2D eigenvalue weighted by Crippen LogP contribution is 2.28. The average Bonchev–Trinajstić information content (AvgIpc) is 3.21. The number of aryl methyl sites for hydroxylation is 1. The van der Waals surface area contributed by atoms with E-state index in [0.29, 0.717) is 34.4 Å². The molecule has 6 nitrogen and oxygen atoms in total. The van der Waals surface area contributed by atoms with Gasteiger partial charge < -0.3 is 9.15 Å². The SMILES string of the molecule is CCCCCN(C(=O)c1ccoc1)c1nc(C)c(C(=O)OCC)s1. The van der Waals surface area contributed by atoms with Crippen molar-refractivity contribution in [3.05, 3.63) is 34.7 Å². The monoisotopic (exact) mass is 350 g/mol. The van der Waals surface area contributed by atoms with Gasteiger partial charge in [0.15, 0.2) is 5.13 Å². The van der Waals surface area contributed by atoms with Crippen molar-refractivity contribution in [2.75, 3.05) is 18.1 Å². The normalized spacial score (nSPS) is 10.6. The minimum atomic E-state index is -0.400. The molecule has 0 aliphatic heterocycles. The van der Waals surface area contributed by atoms with Gasteiger partial charge in [0, 0.05) is 6.54 Å². The molecule has 0 aliphatic carbocycles. The van der Waals surface area contributed by atoms with Crippen molar-refractivity contribution in [3.63, 3.8) is 0 Å². The van der Waals surface area contributed by atoms with Gasteiger partial charge in [-0.1, -0.05) is 31.1 Å². The molecular weight excluding hydrogens is 328 g/mol. The number of rotatable bonds is 8. The Kier molecular flexibility index (Phi) is 6.54. The van der Waals surface area contributed by atoms with Crippen molar-refractivity contribution in [1.82, 2.24) is 4.98 Å². The lowest BCUT2D eigenvalue weighted by Gasteiger charge is -2.19. The summed E-state index contributed by atoms with van der Waals surface area (Å²) >= 11 is 1.19. The largest absolute Gasteiger partial charge is 0.472 e. The molecule has 0 aromatic carbocycles. The molecule has 2 aromatic rings. The molecule has 24 heavy (non-hydrogen) atoms. The highest BCUT2D eigenvalue weighted by Gasteiger charge is 2.25. The third kappa shape index (κ3) is 4.23. The quantitative estimate of drug-likeness (QED) is 0.530. The number of ether oxygens (including phenoxy) is 1. The first-order valence-corrected chi connectivity index (χ1v) is 8.88. The van der Waals surface area contributed by atoms with Crippen LogP contribution >= 0.6 is 11.3 Å². The fraction of sp³-hybridized carbons (Fsp3) is 0.471. The summed E-state index contributed by atoms with van der Waals surface area (Å²) in [6.07, 6.45) is 5.83. The number of furan rings is 1. The van der Waals surface area contributed by atoms with Gasteiger partial charge in [-0.15, -0.1) is 0 Å². The van der Waals surface area contributed by atoms with E-state index in [2.05, 4.69) is 11.9 Å². The van der Waals surface area contributed by atoms with Crippen LogP contribution in [-0.2, 0) is 4.74 Å². The van der Waals surface area contributed by atoms with Crippen molar-refractivity contribution < 1.29 is 18.7 Å². The number of esters is 1. The fourth-order valence-corrected chi connectivity index (χ4v) is 3.21. The van der Waals surface area contributed by atoms with E-state index in [-0.39, 0.29) is 5.91 Å². The first kappa shape index (κ1) is 18.2. The van der Waals surface area contributed by atoms with Gasteiger partial charge in [0.05, 0.1) is 24.1 Å². The minimum absolute atomic E-state index is 0.177. The highest BCUT2D eigenvalue weighted by atomic mass is 32.1. The molecule has 0 bridgehead atoms. The zero-order chi connectivity index (χ0) is 17.5. The molecule has 0 radical (unpaired) electrons. The van der Waals surface area contributed by atoms with Crippen molar-refractivity contribution in [1.29, 1.82) is 0 Å². The minimum Gasteiger partial charge on any atom is -0.472 e. The summed E-state index contributed by atoms with van der Waals surface area (Å²) in [7, 11) is 0. The van der Waals surface area contributed by atoms with Crippen LogP contribution in [0, 0.1) is 6.92 Å². The molecule has 0 unspecified atom stereocenters. The van der Waals surface area contributed by atoms with E-state index in [1.807, 2.05) is 0 Å². The van der Waals surface area contributed by atoms with Crippen LogP contribution in [0.1, 0.15) is 58.8 Å². The molecular formula is C17H22N2O4S. The maximum Gasteiger partial charge on any atom is 0.350 e. The topological polar surface area (TPSA) is 72.6 Å². The van der Waals surface area contributed by atoms with E-state index in [0.717, 1.165) is 19.3 Å². The number of carbonyl (C=O) groups is 2. The molecule has 0 fully saturated rings. The summed E-state index contributed by atoms with van der Waals surface area (Å²) in [4.78, 5) is 31.2. The third-order valence-electron chi connectivity index (χ3n) is 3.48. The zero-order valence-electron chi connectivity index (χ0n) is 14.2. The lowest BCUT2D eigenvalue weighted by atomic mass is 10.2. The second-order valence-electron chi connectivity index (χ2n) is 5.31. The van der Waals surface area contributed by atoms with Gasteiger partial charge in [-0.25, -0.2) is 9.78 Å². The van der Waals surface area contributed by atoms with Crippen molar-refractivity contribution in [3.8, 4) is 0 Å². The second-order valence-corrected chi connectivity index (χ2v) is 6.28. The van der Waals surface area contributed by atoms with Gasteiger partial charge in [0.1, 0.15) is 11.1 Å². The van der Waals surface area contributed by atoms with Crippen LogP contribution in [0.3, 0.4) is 0 Å². The number of thiazole rings is 1. The average molecular weight is 350 g/mol. The number of nitrogens with zero attached hydrogens (tertiary/aromatic N) is 2. The van der Waals surface area contributed by atoms with Gasteiger partial charge >= 0.3 is 5.97 Å². The summed E-state index contributed by atoms with van der Waals surface area (Å²) in [6, 6.07) is 1.63. The van der Waals surface area contributed by atoms with E-state index in [4.69, 9.17) is 9.15 Å². The molecule has 0 N–H and O–H groups in total. The van der Waals surface area contributed by atoms with E-state index >= 15 is 0 Å². The van der Waals surface area contributed by atoms with Crippen molar-refractivity contribution in [2.45, 2.75) is 40.0 Å². The number of amides is 1. The molecule has 1 amide bonds. The standard InChI is InChI=1S/C17H22N2O4S/c1-4-6-7-9-19(15(20)13-8-10-22-11-13)17-18-12(3)14(24-17)16(21)23-5-2/h8,10-11H,4-7,9H2,1-3H3. The second kappa shape index (κ2) is 8.63. The maximum absolute atomic E-state index is 12.7. The summed E-state index contributed by atoms with van der Waals surface area (Å²) in [5.41, 5.74) is 1.05. The third-order valence-corrected chi connectivity index (χ3v) is 4.64. The Morgan fingerprint density at radius 3 is 2.75 bits per heavy atom. The molecule has 0 saturated carbocycles. The Bertz CT molecular complexity index is 679. The number of aromatic nitrogens is 1. The van der Waals surface area contributed by atoms with Crippen LogP contribution in [0.4, 0.5) is 5.13 Å². The zero-order valence-corrected chi connectivity index (χ0v) is 15.0. The Hall–Kier alpha value is -2.15. The first-order valence-electron chi connectivity index (χ1n) is 8.07. The maximum atomic E-state index is 12.7. The first-order chi connectivity index (χ1) is 11.6. The molecule has 0 saturated heterocycles. The molecule has 2 aromatic heterocycles. The lowest BCUT2D eigenvalue weighted by molar-refractivity contribution is 0.0531. The molecule has 0 spiro atoms. The van der Waals surface area contributed by atoms with Crippen LogP contribution in [0.5, 0.6) is 0 Å². The van der Waals surface area contributed by atoms with Crippen LogP contribution < -0.4 is 4.90 Å². The number of carbonyl (C=O) groups excluding carboxylic acids is 2. The van der Waals surface area contributed by atoms with Gasteiger partial charge in [-0.2, -0.15) is 0 Å². The van der Waals surface area contributed by atoms with Crippen LogP contribution in [0.25, 0.3) is 0 Å². The van der Waals surface area contributed by atoms with Crippen LogP contribution in [0.15, 0.2) is 23.0 Å². The van der Waals surface area contributed by atoms with E-state index < -0.39 is 5.97 Å². The van der Waals surface area contributed by atoms with E-state index in [1.165, 1.54) is 23.9 Å². The van der Waals surface area contributed by atoms with Gasteiger partial charge in [-0.05, 0) is 26.3 Å². The molecule has 2 heterocycles. The van der Waals surface area contributed by atoms with Gasteiger partial charge in [0.2, 0.25) is 0 Å². The predicted octanol–water partition coefficient (Wildman–Crippen LogP) is 4.06. The summed E-state index contributed by atoms with van der Waals surface area (Å²) in [5, 5.41) is 0.512. The Balaban J connectivity index is 2.28. The number of hydrogen-bond acceptors (Lipinski definition) is 6.